The molecule has 84 valence electrons. The van der Waals surface area contributed by atoms with Crippen LogP contribution >= 0.6 is 0 Å². The van der Waals surface area contributed by atoms with Crippen molar-refractivity contribution in [2.75, 3.05) is 6.54 Å². The van der Waals surface area contributed by atoms with E-state index in [2.05, 4.69) is 10.3 Å². The molecule has 0 aromatic carbocycles. The summed E-state index contributed by atoms with van der Waals surface area (Å²) in [6, 6.07) is 0.294. The van der Waals surface area contributed by atoms with Crippen molar-refractivity contribution >= 4 is 0 Å². The van der Waals surface area contributed by atoms with Crippen molar-refractivity contribution < 1.29 is 5.11 Å². The molecule has 2 N–H and O–H groups in total. The lowest BCUT2D eigenvalue weighted by Gasteiger charge is -2.28. The van der Waals surface area contributed by atoms with Gasteiger partial charge in [-0.1, -0.05) is 12.8 Å². The van der Waals surface area contributed by atoms with Gasteiger partial charge < -0.3 is 15.0 Å². The summed E-state index contributed by atoms with van der Waals surface area (Å²) in [6.07, 6.45) is 9.86. The van der Waals surface area contributed by atoms with Crippen LogP contribution in [0.5, 0.6) is 0 Å². The summed E-state index contributed by atoms with van der Waals surface area (Å²) in [4.78, 5) is 3.99. The van der Waals surface area contributed by atoms with Crippen molar-refractivity contribution in [2.24, 2.45) is 0 Å². The number of imidazole rings is 1. The highest BCUT2D eigenvalue weighted by Gasteiger charge is 2.21. The third kappa shape index (κ3) is 3.04. The van der Waals surface area contributed by atoms with Gasteiger partial charge in [-0.2, -0.15) is 0 Å². The van der Waals surface area contributed by atoms with Gasteiger partial charge in [-0.3, -0.25) is 0 Å². The Hall–Kier alpha value is -0.870. The van der Waals surface area contributed by atoms with Gasteiger partial charge >= 0.3 is 0 Å². The Balaban J connectivity index is 1.68. The Kier molecular flexibility index (Phi) is 3.75. The maximum Gasteiger partial charge on any atom is 0.0946 e. The van der Waals surface area contributed by atoms with Gasteiger partial charge in [0.2, 0.25) is 0 Å². The minimum atomic E-state index is -0.151. The summed E-state index contributed by atoms with van der Waals surface area (Å²) < 4.78 is 2.04. The molecule has 0 saturated heterocycles. The van der Waals surface area contributed by atoms with Crippen LogP contribution in [-0.2, 0) is 6.54 Å². The van der Waals surface area contributed by atoms with E-state index in [1.165, 1.54) is 12.8 Å². The zero-order chi connectivity index (χ0) is 10.5. The number of aliphatic hydroxyl groups excluding tert-OH is 1. The zero-order valence-corrected chi connectivity index (χ0v) is 8.97. The molecule has 1 aromatic rings. The molecular formula is C11H19N3O. The second-order valence-corrected chi connectivity index (χ2v) is 4.21. The average molecular weight is 209 g/mol. The van der Waals surface area contributed by atoms with Crippen LogP contribution < -0.4 is 5.32 Å². The van der Waals surface area contributed by atoms with Crippen LogP contribution in [0.3, 0.4) is 0 Å². The standard InChI is InChI=1S/C11H19N3O/c15-11-4-2-1-3-10(11)13-6-8-14-7-5-12-9-14/h5,7,9-11,13,15H,1-4,6,8H2/t10-,11-/m1/s1. The third-order valence-corrected chi connectivity index (χ3v) is 3.07. The minimum Gasteiger partial charge on any atom is -0.392 e. The Morgan fingerprint density at radius 2 is 2.27 bits per heavy atom. The lowest BCUT2D eigenvalue weighted by Crippen LogP contribution is -2.43. The summed E-state index contributed by atoms with van der Waals surface area (Å²) in [7, 11) is 0. The summed E-state index contributed by atoms with van der Waals surface area (Å²) >= 11 is 0. The molecule has 0 radical (unpaired) electrons. The number of hydrogen-bond acceptors (Lipinski definition) is 3. The fraction of sp³-hybridized carbons (Fsp3) is 0.727. The van der Waals surface area contributed by atoms with Crippen LogP contribution in [0.15, 0.2) is 18.7 Å². The Morgan fingerprint density at radius 3 is 3.00 bits per heavy atom. The third-order valence-electron chi connectivity index (χ3n) is 3.07. The van der Waals surface area contributed by atoms with E-state index in [1.54, 1.807) is 6.20 Å². The molecule has 1 aliphatic carbocycles. The maximum absolute atomic E-state index is 9.74. The molecule has 0 amide bonds. The molecule has 2 atom stereocenters. The van der Waals surface area contributed by atoms with E-state index in [4.69, 9.17) is 0 Å². The molecule has 2 rings (SSSR count). The van der Waals surface area contributed by atoms with Crippen LogP contribution in [0.4, 0.5) is 0 Å². The first kappa shape index (κ1) is 10.6. The minimum absolute atomic E-state index is 0.151. The number of hydrogen-bond donors (Lipinski definition) is 2. The summed E-state index contributed by atoms with van der Waals surface area (Å²) in [5, 5.41) is 13.2. The molecule has 1 saturated carbocycles. The topological polar surface area (TPSA) is 50.1 Å². The van der Waals surface area contributed by atoms with Crippen LogP contribution in [0.2, 0.25) is 0 Å². The quantitative estimate of drug-likeness (QED) is 0.770. The summed E-state index contributed by atoms with van der Waals surface area (Å²) in [5.41, 5.74) is 0. The molecule has 0 bridgehead atoms. The molecule has 1 fully saturated rings. The zero-order valence-electron chi connectivity index (χ0n) is 8.97. The largest absolute Gasteiger partial charge is 0.392 e. The second-order valence-electron chi connectivity index (χ2n) is 4.21. The molecule has 4 nitrogen and oxygen atoms in total. The number of aromatic nitrogens is 2. The van der Waals surface area contributed by atoms with E-state index in [9.17, 15) is 5.11 Å². The van der Waals surface area contributed by atoms with Crippen LogP contribution in [0, 0.1) is 0 Å². The first-order chi connectivity index (χ1) is 7.36. The highest BCUT2D eigenvalue weighted by atomic mass is 16.3. The fourth-order valence-corrected chi connectivity index (χ4v) is 2.15. The predicted octanol–water partition coefficient (Wildman–Crippen LogP) is 0.776. The highest BCUT2D eigenvalue weighted by molar-refractivity contribution is 4.81. The van der Waals surface area contributed by atoms with E-state index in [-0.39, 0.29) is 6.10 Å². The fourth-order valence-electron chi connectivity index (χ4n) is 2.15. The number of nitrogens with zero attached hydrogens (tertiary/aromatic N) is 2. The molecule has 1 aliphatic rings. The summed E-state index contributed by atoms with van der Waals surface area (Å²) in [6.45, 7) is 1.82. The van der Waals surface area contributed by atoms with Gasteiger partial charge in [0.25, 0.3) is 0 Å². The maximum atomic E-state index is 9.74. The molecule has 4 heteroatoms. The van der Waals surface area contributed by atoms with E-state index in [0.717, 1.165) is 25.9 Å². The van der Waals surface area contributed by atoms with Crippen molar-refractivity contribution in [3.8, 4) is 0 Å². The van der Waals surface area contributed by atoms with Crippen LogP contribution in [0.1, 0.15) is 25.7 Å². The van der Waals surface area contributed by atoms with Gasteiger partial charge in [0.15, 0.2) is 0 Å². The van der Waals surface area contributed by atoms with Gasteiger partial charge in [0.05, 0.1) is 12.4 Å². The molecule has 0 aliphatic heterocycles. The first-order valence-corrected chi connectivity index (χ1v) is 5.73. The van der Waals surface area contributed by atoms with Crippen molar-refractivity contribution in [1.29, 1.82) is 0 Å². The lowest BCUT2D eigenvalue weighted by molar-refractivity contribution is 0.0907. The van der Waals surface area contributed by atoms with Gasteiger partial charge in [-0.05, 0) is 12.8 Å². The van der Waals surface area contributed by atoms with Crippen molar-refractivity contribution in [2.45, 2.75) is 44.4 Å². The molecule has 0 spiro atoms. The molecule has 1 heterocycles. The number of aliphatic hydroxyl groups is 1. The van der Waals surface area contributed by atoms with Crippen LogP contribution in [0.25, 0.3) is 0 Å². The Bertz CT molecular complexity index is 273. The molecule has 0 unspecified atom stereocenters. The molecule has 1 aromatic heterocycles. The monoisotopic (exact) mass is 209 g/mol. The Labute approximate surface area is 90.3 Å². The van der Waals surface area contributed by atoms with E-state index in [1.807, 2.05) is 17.1 Å². The molecule has 15 heavy (non-hydrogen) atoms. The van der Waals surface area contributed by atoms with Crippen LogP contribution in [-0.4, -0.2) is 33.3 Å². The summed E-state index contributed by atoms with van der Waals surface area (Å²) in [5.74, 6) is 0. The van der Waals surface area contributed by atoms with Crippen molar-refractivity contribution in [3.63, 3.8) is 0 Å². The van der Waals surface area contributed by atoms with Gasteiger partial charge in [0.1, 0.15) is 0 Å². The van der Waals surface area contributed by atoms with Crippen molar-refractivity contribution in [1.82, 2.24) is 14.9 Å². The van der Waals surface area contributed by atoms with E-state index in [0.29, 0.717) is 6.04 Å². The number of rotatable bonds is 4. The van der Waals surface area contributed by atoms with Crippen molar-refractivity contribution in [3.05, 3.63) is 18.7 Å². The second kappa shape index (κ2) is 5.28. The van der Waals surface area contributed by atoms with E-state index < -0.39 is 0 Å². The SMILES string of the molecule is O[C@@H]1CCCC[C@H]1NCCn1ccnc1. The smallest absolute Gasteiger partial charge is 0.0946 e. The lowest BCUT2D eigenvalue weighted by atomic mass is 9.93. The Morgan fingerprint density at radius 1 is 1.40 bits per heavy atom. The predicted molar refractivity (Wildman–Crippen MR) is 58.5 cm³/mol. The first-order valence-electron chi connectivity index (χ1n) is 5.73. The van der Waals surface area contributed by atoms with E-state index >= 15 is 0 Å². The highest BCUT2D eigenvalue weighted by Crippen LogP contribution is 2.17. The van der Waals surface area contributed by atoms with Gasteiger partial charge in [0, 0.05) is 31.5 Å². The molecular weight excluding hydrogens is 190 g/mol. The average Bonchev–Trinajstić information content (AvgIpc) is 2.74. The normalized spacial score (nSPS) is 26.7. The number of nitrogens with one attached hydrogen (secondary N) is 1. The van der Waals surface area contributed by atoms with Gasteiger partial charge in [-0.25, -0.2) is 4.98 Å². The van der Waals surface area contributed by atoms with Gasteiger partial charge in [-0.15, -0.1) is 0 Å².